The molecule has 3 aromatic heterocycles. The number of pyridine rings is 2. The molecule has 7 aromatic rings. The first-order chi connectivity index (χ1) is 21.7. The fraction of sp³-hybridized carbons (Fsp3) is 0.150. The number of hydrogen-bond acceptors (Lipinski definition) is 3. The van der Waals surface area contributed by atoms with Crippen molar-refractivity contribution in [1.29, 1.82) is 0 Å². The molecule has 6 heteroatoms. The van der Waals surface area contributed by atoms with E-state index in [0.717, 1.165) is 33.6 Å². The van der Waals surface area contributed by atoms with E-state index in [9.17, 15) is 4.39 Å². The molecule has 0 aliphatic carbocycles. The average molecular weight is 815 g/mol. The third kappa shape index (κ3) is 7.43. The van der Waals surface area contributed by atoms with E-state index in [1.807, 2.05) is 54.9 Å². The van der Waals surface area contributed by atoms with Gasteiger partial charge in [-0.3, -0.25) is 0 Å². The van der Waals surface area contributed by atoms with Crippen LogP contribution in [-0.4, -0.2) is 18.0 Å². The SMILES string of the molecule is CC(C)c1ccnc(-c2[c-]ccc3c2sc2cc(-c4ccc(F)cc4)ccc23)c1.C[Si](C)(C)c1ccc(-c2[c-]cccc2)nc1.[Ir]. The number of benzene rings is 4. The monoisotopic (exact) mass is 815 g/mol. The summed E-state index contributed by atoms with van der Waals surface area (Å²) in [5.74, 6) is 0.240. The summed E-state index contributed by atoms with van der Waals surface area (Å²) in [7, 11) is -1.23. The van der Waals surface area contributed by atoms with E-state index >= 15 is 0 Å². The van der Waals surface area contributed by atoms with Gasteiger partial charge < -0.3 is 9.97 Å². The van der Waals surface area contributed by atoms with Crippen LogP contribution in [0.5, 0.6) is 0 Å². The van der Waals surface area contributed by atoms with Crippen molar-refractivity contribution in [3.05, 3.63) is 139 Å². The second-order valence-electron chi connectivity index (χ2n) is 12.5. The van der Waals surface area contributed by atoms with Crippen LogP contribution >= 0.6 is 11.3 Å². The Hall–Kier alpha value is -3.80. The van der Waals surface area contributed by atoms with Gasteiger partial charge in [0, 0.05) is 37.2 Å². The minimum Gasteiger partial charge on any atom is -0.305 e. The molecule has 0 fully saturated rings. The van der Waals surface area contributed by atoms with Gasteiger partial charge in [0.1, 0.15) is 5.82 Å². The maximum absolute atomic E-state index is 13.3. The maximum atomic E-state index is 13.3. The normalized spacial score (nSPS) is 11.3. The summed E-state index contributed by atoms with van der Waals surface area (Å²) in [6.45, 7) is 11.4. The minimum absolute atomic E-state index is 0. The van der Waals surface area contributed by atoms with E-state index in [1.54, 1.807) is 11.3 Å². The number of nitrogens with zero attached hydrogens (tertiary/aromatic N) is 2. The predicted molar refractivity (Wildman–Crippen MR) is 192 cm³/mol. The van der Waals surface area contributed by atoms with Gasteiger partial charge in [-0.25, -0.2) is 4.39 Å². The molecule has 0 bridgehead atoms. The first-order valence-electron chi connectivity index (χ1n) is 15.2. The van der Waals surface area contributed by atoms with Gasteiger partial charge in [-0.05, 0) is 68.0 Å². The van der Waals surface area contributed by atoms with Gasteiger partial charge in [-0.2, -0.15) is 11.3 Å². The summed E-state index contributed by atoms with van der Waals surface area (Å²) in [6.07, 6.45) is 3.90. The molecule has 0 saturated heterocycles. The first kappa shape index (κ1) is 33.6. The molecule has 0 unspecified atom stereocenters. The summed E-state index contributed by atoms with van der Waals surface area (Å²) in [5.41, 5.74) is 7.47. The smallest absolute Gasteiger partial charge is 0.123 e. The fourth-order valence-corrected chi connectivity index (χ4v) is 7.53. The summed E-state index contributed by atoms with van der Waals surface area (Å²) in [5, 5.41) is 3.85. The van der Waals surface area contributed by atoms with Crippen LogP contribution < -0.4 is 5.19 Å². The van der Waals surface area contributed by atoms with Gasteiger partial charge >= 0.3 is 0 Å². The third-order valence-electron chi connectivity index (χ3n) is 7.93. The van der Waals surface area contributed by atoms with Crippen LogP contribution in [0.2, 0.25) is 19.6 Å². The molecule has 0 saturated carbocycles. The van der Waals surface area contributed by atoms with E-state index in [-0.39, 0.29) is 25.9 Å². The van der Waals surface area contributed by atoms with Gasteiger partial charge in [-0.1, -0.05) is 86.9 Å². The molecule has 0 atom stereocenters. The fourth-order valence-electron chi connectivity index (χ4n) is 5.25. The van der Waals surface area contributed by atoms with Crippen LogP contribution in [-0.2, 0) is 20.1 Å². The van der Waals surface area contributed by atoms with Crippen molar-refractivity contribution in [2.45, 2.75) is 39.4 Å². The quantitative estimate of drug-likeness (QED) is 0.128. The molecular weight excluding hydrogens is 780 g/mol. The van der Waals surface area contributed by atoms with Crippen LogP contribution in [0, 0.1) is 17.9 Å². The number of rotatable bonds is 5. The van der Waals surface area contributed by atoms with Crippen molar-refractivity contribution in [3.63, 3.8) is 0 Å². The standard InChI is InChI=1S/C26H19FNS.C14H16NSi.Ir/c1-16(2)18-12-13-28-24(14-18)23-5-3-4-22-21-11-8-19(15-25(21)29-26(22)23)17-6-9-20(27)10-7-17;1-16(2,3)13-9-10-14(15-11-13)12-7-5-4-6-8-12;/h3-4,6-16H,1-2H3;4-7,9-11H,1-3H3;/q2*-1;. The van der Waals surface area contributed by atoms with Crippen molar-refractivity contribution in [1.82, 2.24) is 9.97 Å². The largest absolute Gasteiger partial charge is 0.305 e. The molecule has 0 aliphatic heterocycles. The molecule has 0 aliphatic rings. The summed E-state index contributed by atoms with van der Waals surface area (Å²) in [6, 6.07) is 40.3. The number of thiophene rings is 1. The Morgan fingerprint density at radius 3 is 2.20 bits per heavy atom. The summed E-state index contributed by atoms with van der Waals surface area (Å²) >= 11 is 1.76. The number of halogens is 1. The van der Waals surface area contributed by atoms with Crippen molar-refractivity contribution < 1.29 is 24.5 Å². The predicted octanol–water partition coefficient (Wildman–Crippen LogP) is 10.9. The Morgan fingerprint density at radius 2 is 1.52 bits per heavy atom. The van der Waals surface area contributed by atoms with E-state index in [2.05, 4.69) is 104 Å². The Bertz CT molecular complexity index is 2070. The molecule has 1 radical (unpaired) electrons. The molecular formula is C40H35FIrN2SSi-2. The van der Waals surface area contributed by atoms with E-state index in [1.165, 1.54) is 43.1 Å². The number of aromatic nitrogens is 2. The molecule has 0 spiro atoms. The van der Waals surface area contributed by atoms with Gasteiger partial charge in [0.2, 0.25) is 0 Å². The molecule has 233 valence electrons. The van der Waals surface area contributed by atoms with Crippen LogP contribution in [0.15, 0.2) is 116 Å². The summed E-state index contributed by atoms with van der Waals surface area (Å²) in [4.78, 5) is 9.14. The average Bonchev–Trinajstić information content (AvgIpc) is 3.44. The van der Waals surface area contributed by atoms with Crippen molar-refractivity contribution in [3.8, 4) is 33.6 Å². The van der Waals surface area contributed by atoms with Gasteiger partial charge in [0.05, 0.1) is 8.07 Å². The zero-order chi connectivity index (χ0) is 31.6. The van der Waals surface area contributed by atoms with E-state index in [0.29, 0.717) is 5.92 Å². The Labute approximate surface area is 289 Å². The second kappa shape index (κ2) is 14.3. The number of fused-ring (bicyclic) bond motifs is 3. The van der Waals surface area contributed by atoms with Crippen molar-refractivity contribution >= 4 is 44.8 Å². The maximum Gasteiger partial charge on any atom is 0.123 e. The third-order valence-corrected chi connectivity index (χ3v) is 11.1. The number of hydrogen-bond donors (Lipinski definition) is 0. The zero-order valence-corrected chi connectivity index (χ0v) is 30.8. The Balaban J connectivity index is 0.000000209. The van der Waals surface area contributed by atoms with E-state index < -0.39 is 8.07 Å². The van der Waals surface area contributed by atoms with Crippen LogP contribution in [0.25, 0.3) is 53.8 Å². The second-order valence-corrected chi connectivity index (χ2v) is 18.6. The Morgan fingerprint density at radius 1 is 0.739 bits per heavy atom. The van der Waals surface area contributed by atoms with Gasteiger partial charge in [0.15, 0.2) is 0 Å². The molecule has 46 heavy (non-hydrogen) atoms. The molecule has 0 amide bonds. The molecule has 4 aromatic carbocycles. The zero-order valence-electron chi connectivity index (χ0n) is 26.6. The molecule has 2 nitrogen and oxygen atoms in total. The topological polar surface area (TPSA) is 25.8 Å². The molecule has 0 N–H and O–H groups in total. The summed E-state index contributed by atoms with van der Waals surface area (Å²) < 4.78 is 15.7. The molecule has 7 rings (SSSR count). The van der Waals surface area contributed by atoms with Crippen LogP contribution in [0.1, 0.15) is 25.3 Å². The molecule has 3 heterocycles. The first-order valence-corrected chi connectivity index (χ1v) is 19.5. The van der Waals surface area contributed by atoms with Crippen molar-refractivity contribution in [2.75, 3.05) is 0 Å². The van der Waals surface area contributed by atoms with Crippen LogP contribution in [0.4, 0.5) is 4.39 Å². The van der Waals surface area contributed by atoms with Crippen molar-refractivity contribution in [2.24, 2.45) is 0 Å². The van der Waals surface area contributed by atoms with Crippen LogP contribution in [0.3, 0.4) is 0 Å². The van der Waals surface area contributed by atoms with E-state index in [4.69, 9.17) is 0 Å². The minimum atomic E-state index is -1.23. The van der Waals surface area contributed by atoms with Gasteiger partial charge in [0.25, 0.3) is 0 Å². The Kier molecular flexibility index (Phi) is 10.4. The van der Waals surface area contributed by atoms with Gasteiger partial charge in [-0.15, -0.1) is 59.7 Å².